The van der Waals surface area contributed by atoms with Crippen LogP contribution in [0.15, 0.2) is 42.5 Å². The van der Waals surface area contributed by atoms with E-state index in [2.05, 4.69) is 40.9 Å². The quantitative estimate of drug-likeness (QED) is 0.629. The summed E-state index contributed by atoms with van der Waals surface area (Å²) in [6.45, 7) is 8.44. The van der Waals surface area contributed by atoms with Crippen molar-refractivity contribution in [3.8, 4) is 0 Å². The molecule has 0 saturated heterocycles. The highest BCUT2D eigenvalue weighted by molar-refractivity contribution is 6.31. The van der Waals surface area contributed by atoms with Crippen LogP contribution in [-0.2, 0) is 6.54 Å². The van der Waals surface area contributed by atoms with E-state index in [4.69, 9.17) is 11.6 Å². The molecule has 0 aliphatic heterocycles. The Morgan fingerprint density at radius 3 is 2.56 bits per heavy atom. The standard InChI is InChI=1S/C21H23ClN4O/c1-13-7-5-8-17(11-13)12-26-16(4)20(15(3)25-26)24-21(27)23-19-10-6-9-18(22)14(19)2/h5-11H,12H2,1-4H3,(H2,23,24,27). The van der Waals surface area contributed by atoms with Gasteiger partial charge in [-0.1, -0.05) is 47.5 Å². The van der Waals surface area contributed by atoms with Gasteiger partial charge in [-0.25, -0.2) is 4.79 Å². The summed E-state index contributed by atoms with van der Waals surface area (Å²) in [7, 11) is 0. The van der Waals surface area contributed by atoms with Gasteiger partial charge in [0, 0.05) is 10.7 Å². The van der Waals surface area contributed by atoms with Gasteiger partial charge in [-0.2, -0.15) is 5.10 Å². The van der Waals surface area contributed by atoms with E-state index < -0.39 is 0 Å². The third-order valence-corrected chi connectivity index (χ3v) is 4.96. The molecule has 5 nitrogen and oxygen atoms in total. The minimum atomic E-state index is -0.318. The topological polar surface area (TPSA) is 59.0 Å². The summed E-state index contributed by atoms with van der Waals surface area (Å²) in [5.41, 5.74) is 6.31. The Morgan fingerprint density at radius 2 is 1.81 bits per heavy atom. The van der Waals surface area contributed by atoms with Crippen molar-refractivity contribution in [1.29, 1.82) is 0 Å². The van der Waals surface area contributed by atoms with Crippen LogP contribution >= 0.6 is 11.6 Å². The van der Waals surface area contributed by atoms with Crippen LogP contribution in [0.25, 0.3) is 0 Å². The number of carbonyl (C=O) groups excluding carboxylic acids is 1. The lowest BCUT2D eigenvalue weighted by Crippen LogP contribution is -2.20. The first-order valence-corrected chi connectivity index (χ1v) is 9.15. The van der Waals surface area contributed by atoms with Gasteiger partial charge in [-0.3, -0.25) is 4.68 Å². The molecule has 0 spiro atoms. The maximum Gasteiger partial charge on any atom is 0.323 e. The number of halogens is 1. The van der Waals surface area contributed by atoms with Crippen LogP contribution in [0.2, 0.25) is 5.02 Å². The molecule has 2 amide bonds. The summed E-state index contributed by atoms with van der Waals surface area (Å²) in [6, 6.07) is 13.4. The van der Waals surface area contributed by atoms with E-state index in [0.29, 0.717) is 17.3 Å². The van der Waals surface area contributed by atoms with Gasteiger partial charge in [0.1, 0.15) is 0 Å². The van der Waals surface area contributed by atoms with Gasteiger partial charge in [-0.05, 0) is 51.0 Å². The summed E-state index contributed by atoms with van der Waals surface area (Å²) in [5, 5.41) is 11.0. The lowest BCUT2D eigenvalue weighted by molar-refractivity contribution is 0.262. The zero-order chi connectivity index (χ0) is 19.6. The Labute approximate surface area is 164 Å². The molecule has 0 fully saturated rings. The number of amides is 2. The van der Waals surface area contributed by atoms with E-state index in [1.54, 1.807) is 12.1 Å². The largest absolute Gasteiger partial charge is 0.323 e. The molecule has 0 aliphatic rings. The zero-order valence-corrected chi connectivity index (χ0v) is 16.7. The number of urea groups is 1. The average Bonchev–Trinajstić information content (AvgIpc) is 2.86. The van der Waals surface area contributed by atoms with Crippen molar-refractivity contribution < 1.29 is 4.79 Å². The molecule has 0 saturated carbocycles. The third-order valence-electron chi connectivity index (χ3n) is 4.55. The second-order valence-electron chi connectivity index (χ2n) is 6.68. The molecule has 0 unspecified atom stereocenters. The van der Waals surface area contributed by atoms with E-state index in [0.717, 1.165) is 22.6 Å². The van der Waals surface area contributed by atoms with E-state index in [1.165, 1.54) is 11.1 Å². The van der Waals surface area contributed by atoms with Crippen molar-refractivity contribution in [2.75, 3.05) is 10.6 Å². The van der Waals surface area contributed by atoms with Gasteiger partial charge in [0.2, 0.25) is 0 Å². The highest BCUT2D eigenvalue weighted by Gasteiger charge is 2.15. The molecular weight excluding hydrogens is 360 g/mol. The van der Waals surface area contributed by atoms with Gasteiger partial charge in [0.15, 0.2) is 0 Å². The predicted molar refractivity (Wildman–Crippen MR) is 111 cm³/mol. The molecule has 1 heterocycles. The molecule has 0 bridgehead atoms. The Morgan fingerprint density at radius 1 is 1.07 bits per heavy atom. The minimum absolute atomic E-state index is 0.318. The number of nitrogens with one attached hydrogen (secondary N) is 2. The highest BCUT2D eigenvalue weighted by Crippen LogP contribution is 2.24. The molecule has 3 aromatic rings. The predicted octanol–water partition coefficient (Wildman–Crippen LogP) is 5.46. The second-order valence-corrected chi connectivity index (χ2v) is 7.09. The van der Waals surface area contributed by atoms with Gasteiger partial charge < -0.3 is 10.6 Å². The van der Waals surface area contributed by atoms with Crippen LogP contribution < -0.4 is 10.6 Å². The van der Waals surface area contributed by atoms with Gasteiger partial charge >= 0.3 is 6.03 Å². The molecule has 1 aromatic heterocycles. The van der Waals surface area contributed by atoms with Crippen LogP contribution in [0.1, 0.15) is 28.1 Å². The first-order valence-electron chi connectivity index (χ1n) is 8.78. The number of hydrogen-bond acceptors (Lipinski definition) is 2. The lowest BCUT2D eigenvalue weighted by atomic mass is 10.1. The summed E-state index contributed by atoms with van der Waals surface area (Å²) in [6.07, 6.45) is 0. The number of nitrogens with zero attached hydrogens (tertiary/aromatic N) is 2. The number of anilines is 2. The normalized spacial score (nSPS) is 10.7. The summed E-state index contributed by atoms with van der Waals surface area (Å²) < 4.78 is 1.91. The Bertz CT molecular complexity index is 994. The number of carbonyl (C=O) groups is 1. The zero-order valence-electron chi connectivity index (χ0n) is 15.9. The molecule has 140 valence electrons. The molecular formula is C21H23ClN4O. The van der Waals surface area contributed by atoms with Crippen molar-refractivity contribution in [2.24, 2.45) is 0 Å². The molecule has 3 rings (SSSR count). The fourth-order valence-electron chi connectivity index (χ4n) is 3.03. The van der Waals surface area contributed by atoms with Crippen LogP contribution in [0.4, 0.5) is 16.2 Å². The van der Waals surface area contributed by atoms with Gasteiger partial charge in [0.05, 0.1) is 23.6 Å². The third kappa shape index (κ3) is 4.31. The van der Waals surface area contributed by atoms with Crippen molar-refractivity contribution in [3.05, 3.63) is 75.6 Å². The van der Waals surface area contributed by atoms with E-state index in [9.17, 15) is 4.79 Å². The van der Waals surface area contributed by atoms with Crippen molar-refractivity contribution >= 4 is 29.0 Å². The second kappa shape index (κ2) is 7.84. The molecule has 27 heavy (non-hydrogen) atoms. The van der Waals surface area contributed by atoms with Crippen LogP contribution in [0.5, 0.6) is 0 Å². The summed E-state index contributed by atoms with van der Waals surface area (Å²) >= 11 is 6.11. The molecule has 0 atom stereocenters. The van der Waals surface area contributed by atoms with E-state index in [-0.39, 0.29) is 6.03 Å². The molecule has 2 N–H and O–H groups in total. The molecule has 6 heteroatoms. The van der Waals surface area contributed by atoms with Crippen LogP contribution in [0, 0.1) is 27.7 Å². The molecule has 0 radical (unpaired) electrons. The Kier molecular flexibility index (Phi) is 5.51. The number of rotatable bonds is 4. The Hall–Kier alpha value is -2.79. The van der Waals surface area contributed by atoms with Crippen molar-refractivity contribution in [2.45, 2.75) is 34.2 Å². The lowest BCUT2D eigenvalue weighted by Gasteiger charge is -2.11. The Balaban J connectivity index is 1.76. The summed E-state index contributed by atoms with van der Waals surface area (Å²) in [4.78, 5) is 12.5. The maximum absolute atomic E-state index is 12.5. The average molecular weight is 383 g/mol. The maximum atomic E-state index is 12.5. The van der Waals surface area contributed by atoms with Crippen molar-refractivity contribution in [1.82, 2.24) is 9.78 Å². The van der Waals surface area contributed by atoms with Crippen molar-refractivity contribution in [3.63, 3.8) is 0 Å². The molecule has 0 aliphatic carbocycles. The monoisotopic (exact) mass is 382 g/mol. The smallest absolute Gasteiger partial charge is 0.307 e. The first kappa shape index (κ1) is 19.0. The fourth-order valence-corrected chi connectivity index (χ4v) is 3.20. The molecule has 2 aromatic carbocycles. The van der Waals surface area contributed by atoms with Crippen LogP contribution in [-0.4, -0.2) is 15.8 Å². The van der Waals surface area contributed by atoms with Crippen LogP contribution in [0.3, 0.4) is 0 Å². The summed E-state index contributed by atoms with van der Waals surface area (Å²) in [5.74, 6) is 0. The fraction of sp³-hybridized carbons (Fsp3) is 0.238. The highest BCUT2D eigenvalue weighted by atomic mass is 35.5. The van der Waals surface area contributed by atoms with Gasteiger partial charge in [-0.15, -0.1) is 0 Å². The van der Waals surface area contributed by atoms with E-state index >= 15 is 0 Å². The SMILES string of the molecule is Cc1cccc(Cn2nc(C)c(NC(=O)Nc3cccc(Cl)c3C)c2C)c1. The number of aromatic nitrogens is 2. The number of hydrogen-bond donors (Lipinski definition) is 2. The minimum Gasteiger partial charge on any atom is -0.307 e. The first-order chi connectivity index (χ1) is 12.8. The number of benzene rings is 2. The van der Waals surface area contributed by atoms with E-state index in [1.807, 2.05) is 37.6 Å². The van der Waals surface area contributed by atoms with Gasteiger partial charge in [0.25, 0.3) is 0 Å². The number of aryl methyl sites for hydroxylation is 2.